The number of quaternary nitrogens is 1. The summed E-state index contributed by atoms with van der Waals surface area (Å²) in [6, 6.07) is -0.861. The number of phosphoric ester groups is 1. The van der Waals surface area contributed by atoms with Gasteiger partial charge in [-0.05, 0) is 115 Å². The van der Waals surface area contributed by atoms with Crippen molar-refractivity contribution in [3.8, 4) is 0 Å². The predicted molar refractivity (Wildman–Crippen MR) is 373 cm³/mol. The maximum atomic E-state index is 13.6. The Morgan fingerprint density at radius 2 is 0.744 bits per heavy atom. The van der Waals surface area contributed by atoms with Crippen LogP contribution in [0.4, 0.5) is 0 Å². The third kappa shape index (κ3) is 65.1. The summed E-state index contributed by atoms with van der Waals surface area (Å²) in [7, 11) is 1.48. The standard InChI is InChI=1S/C76H135N2O7P/c1-7-10-13-16-19-22-25-28-30-32-34-36-38-39-41-42-44-46-48-50-53-56-59-62-65-68-75(79)77-73(72-84-86(81,82)83-71-70-78(4,5)6)74(67-64-61-58-55-52-27-24-21-18-15-12-9-3)85-76(80)69-66-63-60-57-54-51-49-47-45-43-40-37-35-33-31-29-26-23-20-17-14-11-8-2/h10,13,19-20,22-23,28-31,34-37,39,41,64,67,73-74H,7-9,11-12,14-18,21,24-27,32-33,38,40,42-63,65-66,68-72H2,1-6H3,(H-,77,79,81,82)/p+1/b13-10-,22-19-,23-20-,30-28-,31-29-,36-34-,37-35-,41-39-,67-64+. The van der Waals surface area contributed by atoms with E-state index in [0.29, 0.717) is 17.4 Å². The summed E-state index contributed by atoms with van der Waals surface area (Å²) in [5.74, 6) is -0.515. The molecule has 0 spiro atoms. The van der Waals surface area contributed by atoms with Gasteiger partial charge in [0, 0.05) is 12.8 Å². The van der Waals surface area contributed by atoms with Crippen LogP contribution in [0.1, 0.15) is 310 Å². The first kappa shape index (κ1) is 82.7. The van der Waals surface area contributed by atoms with E-state index in [4.69, 9.17) is 13.8 Å². The van der Waals surface area contributed by atoms with Crippen molar-refractivity contribution in [2.75, 3.05) is 40.9 Å². The molecule has 1 amide bonds. The molecule has 496 valence electrons. The lowest BCUT2D eigenvalue weighted by atomic mass is 10.0. The summed E-state index contributed by atoms with van der Waals surface area (Å²) in [6.07, 6.45) is 89.5. The number of allylic oxidation sites excluding steroid dienone is 17. The maximum absolute atomic E-state index is 13.6. The van der Waals surface area contributed by atoms with Gasteiger partial charge in [-0.1, -0.05) is 291 Å². The fourth-order valence-corrected chi connectivity index (χ4v) is 10.7. The molecule has 9 nitrogen and oxygen atoms in total. The topological polar surface area (TPSA) is 111 Å². The van der Waals surface area contributed by atoms with Crippen molar-refractivity contribution in [1.29, 1.82) is 0 Å². The number of ether oxygens (including phenoxy) is 1. The van der Waals surface area contributed by atoms with E-state index in [1.807, 2.05) is 33.3 Å². The fraction of sp³-hybridized carbons (Fsp3) is 0.737. The quantitative estimate of drug-likeness (QED) is 0.0205. The summed E-state index contributed by atoms with van der Waals surface area (Å²) in [6.45, 7) is 6.88. The molecule has 0 fully saturated rings. The zero-order valence-electron chi connectivity index (χ0n) is 56.8. The highest BCUT2D eigenvalue weighted by Gasteiger charge is 2.30. The highest BCUT2D eigenvalue weighted by molar-refractivity contribution is 7.47. The summed E-state index contributed by atoms with van der Waals surface area (Å²) >= 11 is 0. The van der Waals surface area contributed by atoms with Gasteiger partial charge in [0.15, 0.2) is 0 Å². The molecule has 0 aliphatic heterocycles. The molecule has 0 aromatic carbocycles. The smallest absolute Gasteiger partial charge is 0.456 e. The van der Waals surface area contributed by atoms with Crippen molar-refractivity contribution in [2.45, 2.75) is 322 Å². The van der Waals surface area contributed by atoms with E-state index in [1.165, 1.54) is 161 Å². The molecule has 0 radical (unpaired) electrons. The van der Waals surface area contributed by atoms with Gasteiger partial charge < -0.3 is 19.4 Å². The molecule has 0 heterocycles. The van der Waals surface area contributed by atoms with Gasteiger partial charge in [-0.2, -0.15) is 0 Å². The van der Waals surface area contributed by atoms with E-state index in [0.717, 1.165) is 116 Å². The number of phosphoric acid groups is 1. The van der Waals surface area contributed by atoms with Gasteiger partial charge in [-0.3, -0.25) is 18.6 Å². The second-order valence-electron chi connectivity index (χ2n) is 25.0. The Balaban J connectivity index is 5.10. The lowest BCUT2D eigenvalue weighted by Crippen LogP contribution is -2.47. The van der Waals surface area contributed by atoms with Crippen LogP contribution in [0.25, 0.3) is 0 Å². The summed E-state index contributed by atoms with van der Waals surface area (Å²) in [4.78, 5) is 37.9. The average Bonchev–Trinajstić information content (AvgIpc) is 3.69. The van der Waals surface area contributed by atoms with E-state index in [1.54, 1.807) is 0 Å². The Morgan fingerprint density at radius 1 is 0.419 bits per heavy atom. The number of likely N-dealkylation sites (N-methyl/N-ethyl adjacent to an activating group) is 1. The third-order valence-electron chi connectivity index (χ3n) is 15.4. The molecule has 0 rings (SSSR count). The summed E-state index contributed by atoms with van der Waals surface area (Å²) in [5, 5.41) is 3.07. The summed E-state index contributed by atoms with van der Waals surface area (Å²) < 4.78 is 30.8. The normalized spacial score (nSPS) is 14.2. The molecular weight excluding hydrogens is 1080 g/mol. The van der Waals surface area contributed by atoms with E-state index in [-0.39, 0.29) is 31.5 Å². The Labute approximate surface area is 531 Å². The molecule has 0 aromatic heterocycles. The van der Waals surface area contributed by atoms with Crippen molar-refractivity contribution in [3.05, 3.63) is 109 Å². The van der Waals surface area contributed by atoms with E-state index >= 15 is 0 Å². The number of carbonyl (C=O) groups excluding carboxylic acids is 2. The lowest BCUT2D eigenvalue weighted by molar-refractivity contribution is -0.870. The molecule has 0 aromatic rings. The van der Waals surface area contributed by atoms with Crippen molar-refractivity contribution in [1.82, 2.24) is 5.32 Å². The lowest BCUT2D eigenvalue weighted by Gasteiger charge is -2.27. The number of nitrogens with zero attached hydrogens (tertiary/aromatic N) is 1. The average molecular weight is 1220 g/mol. The number of amides is 1. The number of carbonyl (C=O) groups is 2. The number of hydrogen-bond acceptors (Lipinski definition) is 6. The van der Waals surface area contributed by atoms with Gasteiger partial charge in [0.25, 0.3) is 0 Å². The largest absolute Gasteiger partial charge is 0.472 e. The van der Waals surface area contributed by atoms with Crippen LogP contribution in [0.15, 0.2) is 109 Å². The van der Waals surface area contributed by atoms with Crippen LogP contribution in [-0.4, -0.2) is 74.3 Å². The number of esters is 1. The SMILES string of the molecule is CC/C=C\C/C=C\C/C=C\C/C=C\C/C=C\CCCCCCCCCCCC(=O)NC(COP(=O)(O)OCC[N+](C)(C)C)C(/C=C/CCCCCCCCCCCC)OC(=O)CCCCCCCCCCCC/C=C\C/C=C\C/C=C\CCCCC. The van der Waals surface area contributed by atoms with Crippen molar-refractivity contribution in [2.24, 2.45) is 0 Å². The van der Waals surface area contributed by atoms with E-state index < -0.39 is 20.0 Å². The van der Waals surface area contributed by atoms with Gasteiger partial charge in [-0.25, -0.2) is 4.57 Å². The van der Waals surface area contributed by atoms with Gasteiger partial charge in [0.1, 0.15) is 19.3 Å². The molecule has 0 saturated carbocycles. The monoisotopic (exact) mass is 1220 g/mol. The zero-order valence-corrected chi connectivity index (χ0v) is 57.7. The fourth-order valence-electron chi connectivity index (χ4n) is 9.98. The first-order valence-corrected chi connectivity index (χ1v) is 37.2. The second kappa shape index (κ2) is 64.6. The van der Waals surface area contributed by atoms with Gasteiger partial charge in [0.05, 0.1) is 33.8 Å². The molecule has 0 aliphatic rings. The molecule has 3 unspecified atom stereocenters. The van der Waals surface area contributed by atoms with Crippen LogP contribution in [0.5, 0.6) is 0 Å². The first-order valence-electron chi connectivity index (χ1n) is 35.7. The van der Waals surface area contributed by atoms with Gasteiger partial charge >= 0.3 is 13.8 Å². The molecule has 10 heteroatoms. The van der Waals surface area contributed by atoms with Crippen LogP contribution in [0.3, 0.4) is 0 Å². The third-order valence-corrected chi connectivity index (χ3v) is 16.4. The molecule has 0 aliphatic carbocycles. The Kier molecular flexibility index (Phi) is 62.1. The van der Waals surface area contributed by atoms with Gasteiger partial charge in [0.2, 0.25) is 5.91 Å². The van der Waals surface area contributed by atoms with Crippen LogP contribution >= 0.6 is 7.82 Å². The number of unbranched alkanes of at least 4 members (excludes halogenated alkanes) is 32. The van der Waals surface area contributed by atoms with Crippen LogP contribution in [0, 0.1) is 0 Å². The van der Waals surface area contributed by atoms with E-state index in [9.17, 15) is 19.0 Å². The molecular formula is C76H136N2O7P+. The Hall–Kier alpha value is -3.33. The molecule has 2 N–H and O–H groups in total. The minimum absolute atomic E-state index is 0.0338. The number of hydrogen-bond donors (Lipinski definition) is 2. The van der Waals surface area contributed by atoms with E-state index in [2.05, 4.69) is 123 Å². The Bertz CT molecular complexity index is 1840. The number of rotatable bonds is 64. The van der Waals surface area contributed by atoms with Crippen LogP contribution in [-0.2, 0) is 27.9 Å². The second-order valence-corrected chi connectivity index (χ2v) is 26.5. The summed E-state index contributed by atoms with van der Waals surface area (Å²) in [5.41, 5.74) is 0. The highest BCUT2D eigenvalue weighted by Crippen LogP contribution is 2.43. The zero-order chi connectivity index (χ0) is 62.8. The van der Waals surface area contributed by atoms with Gasteiger partial charge in [-0.15, -0.1) is 0 Å². The van der Waals surface area contributed by atoms with Crippen molar-refractivity contribution < 1.29 is 37.3 Å². The van der Waals surface area contributed by atoms with Crippen LogP contribution < -0.4 is 5.32 Å². The van der Waals surface area contributed by atoms with Crippen molar-refractivity contribution in [3.63, 3.8) is 0 Å². The molecule has 0 bridgehead atoms. The molecule has 86 heavy (non-hydrogen) atoms. The first-order chi connectivity index (χ1) is 41.9. The Morgan fingerprint density at radius 3 is 1.14 bits per heavy atom. The highest BCUT2D eigenvalue weighted by atomic mass is 31.2. The molecule has 0 saturated heterocycles. The minimum Gasteiger partial charge on any atom is -0.456 e. The molecule has 3 atom stereocenters. The number of nitrogens with one attached hydrogen (secondary N) is 1. The maximum Gasteiger partial charge on any atom is 0.472 e. The predicted octanol–water partition coefficient (Wildman–Crippen LogP) is 22.8. The minimum atomic E-state index is -4.46. The van der Waals surface area contributed by atoms with Crippen molar-refractivity contribution >= 4 is 19.7 Å². The van der Waals surface area contributed by atoms with Crippen LogP contribution in [0.2, 0.25) is 0 Å².